The minimum atomic E-state index is 0. The lowest BCUT2D eigenvalue weighted by molar-refractivity contribution is 0.0892. The van der Waals surface area contributed by atoms with Gasteiger partial charge in [-0.2, -0.15) is 0 Å². The second kappa shape index (κ2) is 6.18. The third kappa shape index (κ3) is 3.30. The Balaban J connectivity index is 0.00000144. The van der Waals surface area contributed by atoms with Crippen LogP contribution in [0.5, 0.6) is 0 Å². The summed E-state index contributed by atoms with van der Waals surface area (Å²) in [6, 6.07) is 8.06. The summed E-state index contributed by atoms with van der Waals surface area (Å²) in [4.78, 5) is 14.5. The van der Waals surface area contributed by atoms with Crippen LogP contribution in [0.4, 0.5) is 0 Å². The van der Waals surface area contributed by atoms with Gasteiger partial charge in [0.25, 0.3) is 0 Å². The van der Waals surface area contributed by atoms with Crippen LogP contribution < -0.4 is 0 Å². The molecule has 0 amide bonds. The standard InChI is InChI=1S/C14H19NO.ClH/c1-15(2)10-12-8-5-7-11-6-3-4-9-13(11)14(12)16;/h3-4,6,9,12H,5,7-8,10H2,1-2H3;1H. The monoisotopic (exact) mass is 253 g/mol. The molecule has 94 valence electrons. The molecule has 0 aliphatic heterocycles. The summed E-state index contributed by atoms with van der Waals surface area (Å²) < 4.78 is 0. The Hall–Kier alpha value is -0.860. The molecule has 0 aromatic heterocycles. The van der Waals surface area contributed by atoms with E-state index >= 15 is 0 Å². The average Bonchev–Trinajstić information content (AvgIpc) is 2.40. The maximum atomic E-state index is 12.3. The summed E-state index contributed by atoms with van der Waals surface area (Å²) >= 11 is 0. The molecule has 0 radical (unpaired) electrons. The van der Waals surface area contributed by atoms with Crippen molar-refractivity contribution in [2.24, 2.45) is 5.92 Å². The summed E-state index contributed by atoms with van der Waals surface area (Å²) in [7, 11) is 4.06. The summed E-state index contributed by atoms with van der Waals surface area (Å²) in [6.07, 6.45) is 3.19. The van der Waals surface area contributed by atoms with E-state index in [1.54, 1.807) is 0 Å². The zero-order valence-electron chi connectivity index (χ0n) is 10.5. The molecule has 0 heterocycles. The van der Waals surface area contributed by atoms with Crippen molar-refractivity contribution in [3.8, 4) is 0 Å². The van der Waals surface area contributed by atoms with Crippen LogP contribution in [0.1, 0.15) is 28.8 Å². The van der Waals surface area contributed by atoms with E-state index in [0.29, 0.717) is 5.78 Å². The number of nitrogens with zero attached hydrogens (tertiary/aromatic N) is 1. The Bertz CT molecular complexity index is 390. The number of Topliss-reactive ketones (excluding diaryl/α,β-unsaturated/α-hetero) is 1. The molecule has 1 aliphatic rings. The molecule has 1 aromatic rings. The van der Waals surface area contributed by atoms with Crippen molar-refractivity contribution in [2.45, 2.75) is 19.3 Å². The number of halogens is 1. The van der Waals surface area contributed by atoms with Crippen LogP contribution in [0.2, 0.25) is 0 Å². The fraction of sp³-hybridized carbons (Fsp3) is 0.500. The molecule has 17 heavy (non-hydrogen) atoms. The van der Waals surface area contributed by atoms with Gasteiger partial charge in [-0.05, 0) is 38.9 Å². The first-order chi connectivity index (χ1) is 7.68. The van der Waals surface area contributed by atoms with E-state index in [0.717, 1.165) is 31.4 Å². The van der Waals surface area contributed by atoms with E-state index in [-0.39, 0.29) is 18.3 Å². The van der Waals surface area contributed by atoms with Gasteiger partial charge in [-0.1, -0.05) is 24.3 Å². The Kier molecular flexibility index (Phi) is 5.16. The van der Waals surface area contributed by atoms with E-state index in [2.05, 4.69) is 11.0 Å². The third-order valence-electron chi connectivity index (χ3n) is 3.24. The SMILES string of the molecule is CN(C)CC1CCCc2ccccc2C1=O.Cl. The van der Waals surface area contributed by atoms with E-state index in [1.165, 1.54) is 5.56 Å². The largest absolute Gasteiger partial charge is 0.309 e. The van der Waals surface area contributed by atoms with Crippen LogP contribution >= 0.6 is 12.4 Å². The molecule has 2 nitrogen and oxygen atoms in total. The number of aryl methyl sites for hydroxylation is 1. The van der Waals surface area contributed by atoms with Crippen LogP contribution in [0, 0.1) is 5.92 Å². The first-order valence-corrected chi connectivity index (χ1v) is 5.95. The Morgan fingerprint density at radius 2 is 2.00 bits per heavy atom. The maximum Gasteiger partial charge on any atom is 0.167 e. The van der Waals surface area contributed by atoms with Crippen molar-refractivity contribution in [3.05, 3.63) is 35.4 Å². The molecule has 0 bridgehead atoms. The van der Waals surface area contributed by atoms with Gasteiger partial charge < -0.3 is 4.90 Å². The predicted octanol–water partition coefficient (Wildman–Crippen LogP) is 2.81. The zero-order valence-corrected chi connectivity index (χ0v) is 11.3. The number of ketones is 1. The van der Waals surface area contributed by atoms with Crippen LogP contribution in [0.3, 0.4) is 0 Å². The van der Waals surface area contributed by atoms with Crippen molar-refractivity contribution in [2.75, 3.05) is 20.6 Å². The summed E-state index contributed by atoms with van der Waals surface area (Å²) in [6.45, 7) is 0.868. The average molecular weight is 254 g/mol. The lowest BCUT2D eigenvalue weighted by Crippen LogP contribution is -2.27. The van der Waals surface area contributed by atoms with E-state index < -0.39 is 0 Å². The van der Waals surface area contributed by atoms with Gasteiger partial charge in [0.1, 0.15) is 0 Å². The number of carbonyl (C=O) groups is 1. The van der Waals surface area contributed by atoms with Crippen LogP contribution in [0.25, 0.3) is 0 Å². The first-order valence-electron chi connectivity index (χ1n) is 5.95. The van der Waals surface area contributed by atoms with Crippen molar-refractivity contribution in [1.82, 2.24) is 4.90 Å². The van der Waals surface area contributed by atoms with Crippen molar-refractivity contribution in [1.29, 1.82) is 0 Å². The lowest BCUT2D eigenvalue weighted by Gasteiger charge is -2.18. The van der Waals surface area contributed by atoms with E-state index in [4.69, 9.17) is 0 Å². The minimum Gasteiger partial charge on any atom is -0.309 e. The number of hydrogen-bond acceptors (Lipinski definition) is 2. The molecular weight excluding hydrogens is 234 g/mol. The van der Waals surface area contributed by atoms with Crippen LogP contribution in [-0.4, -0.2) is 31.3 Å². The number of carbonyl (C=O) groups excluding carboxylic acids is 1. The van der Waals surface area contributed by atoms with Gasteiger partial charge in [0.05, 0.1) is 0 Å². The number of benzene rings is 1. The van der Waals surface area contributed by atoms with Gasteiger partial charge in [0.2, 0.25) is 0 Å². The molecule has 3 heteroatoms. The molecule has 0 spiro atoms. The van der Waals surface area contributed by atoms with Crippen LogP contribution in [0.15, 0.2) is 24.3 Å². The Morgan fingerprint density at radius 1 is 1.29 bits per heavy atom. The fourth-order valence-corrected chi connectivity index (χ4v) is 2.48. The molecule has 1 aliphatic carbocycles. The minimum absolute atomic E-state index is 0. The maximum absolute atomic E-state index is 12.3. The molecule has 0 saturated carbocycles. The summed E-state index contributed by atoms with van der Waals surface area (Å²) in [5.41, 5.74) is 2.18. The molecule has 1 unspecified atom stereocenters. The molecule has 0 saturated heterocycles. The molecular formula is C14H20ClNO. The van der Waals surface area contributed by atoms with Gasteiger partial charge in [0.15, 0.2) is 5.78 Å². The molecule has 0 fully saturated rings. The quantitative estimate of drug-likeness (QED) is 0.756. The summed E-state index contributed by atoms with van der Waals surface area (Å²) in [5, 5.41) is 0. The number of hydrogen-bond donors (Lipinski definition) is 0. The van der Waals surface area contributed by atoms with E-state index in [9.17, 15) is 4.79 Å². The van der Waals surface area contributed by atoms with Crippen LogP contribution in [-0.2, 0) is 6.42 Å². The second-order valence-corrected chi connectivity index (χ2v) is 4.87. The fourth-order valence-electron chi connectivity index (χ4n) is 2.48. The smallest absolute Gasteiger partial charge is 0.167 e. The normalized spacial score (nSPS) is 19.5. The Labute approximate surface area is 109 Å². The molecule has 1 aromatic carbocycles. The van der Waals surface area contributed by atoms with Crippen molar-refractivity contribution < 1.29 is 4.79 Å². The van der Waals surface area contributed by atoms with Gasteiger partial charge in [-0.15, -0.1) is 12.4 Å². The molecule has 2 rings (SSSR count). The number of fused-ring (bicyclic) bond motifs is 1. The zero-order chi connectivity index (χ0) is 11.5. The highest BCUT2D eigenvalue weighted by Crippen LogP contribution is 2.24. The lowest BCUT2D eigenvalue weighted by atomic mass is 9.95. The predicted molar refractivity (Wildman–Crippen MR) is 73.0 cm³/mol. The van der Waals surface area contributed by atoms with E-state index in [1.807, 2.05) is 32.3 Å². The first kappa shape index (κ1) is 14.2. The molecule has 0 N–H and O–H groups in total. The topological polar surface area (TPSA) is 20.3 Å². The van der Waals surface area contributed by atoms with Gasteiger partial charge in [-0.3, -0.25) is 4.79 Å². The number of rotatable bonds is 2. The van der Waals surface area contributed by atoms with Gasteiger partial charge >= 0.3 is 0 Å². The van der Waals surface area contributed by atoms with Crippen molar-refractivity contribution in [3.63, 3.8) is 0 Å². The Morgan fingerprint density at radius 3 is 2.71 bits per heavy atom. The summed E-state index contributed by atoms with van der Waals surface area (Å²) in [5.74, 6) is 0.514. The van der Waals surface area contributed by atoms with Gasteiger partial charge in [-0.25, -0.2) is 0 Å². The third-order valence-corrected chi connectivity index (χ3v) is 3.24. The highest BCUT2D eigenvalue weighted by Gasteiger charge is 2.25. The van der Waals surface area contributed by atoms with Crippen molar-refractivity contribution >= 4 is 18.2 Å². The highest BCUT2D eigenvalue weighted by atomic mass is 35.5. The molecule has 1 atom stereocenters. The van der Waals surface area contributed by atoms with Gasteiger partial charge in [0, 0.05) is 18.0 Å². The highest BCUT2D eigenvalue weighted by molar-refractivity contribution is 5.99. The second-order valence-electron chi connectivity index (χ2n) is 4.87.